The van der Waals surface area contributed by atoms with Crippen molar-refractivity contribution >= 4 is 11.3 Å². The summed E-state index contributed by atoms with van der Waals surface area (Å²) in [5.74, 6) is 0. The van der Waals surface area contributed by atoms with Gasteiger partial charge in [-0.1, -0.05) is 0 Å². The molecule has 0 fully saturated rings. The molecule has 1 unspecified atom stereocenters. The SMILES string of the molecule is C=C.C=C.NS(=O)[O-]. The summed E-state index contributed by atoms with van der Waals surface area (Å²) < 4.78 is 17.6. The average Bonchev–Trinajstić information content (AvgIpc) is 1.75. The third-order valence-electron chi connectivity index (χ3n) is 0. The lowest BCUT2D eigenvalue weighted by molar-refractivity contribution is 0.539. The lowest BCUT2D eigenvalue weighted by Gasteiger charge is -1.85. The molecule has 0 aromatic rings. The predicted octanol–water partition coefficient (Wildman–Crippen LogP) is 0.344. The van der Waals surface area contributed by atoms with Gasteiger partial charge in [-0.25, -0.2) is 0 Å². The van der Waals surface area contributed by atoms with Crippen LogP contribution in [0.1, 0.15) is 0 Å². The Bertz CT molecular complexity index is 52.0. The van der Waals surface area contributed by atoms with Crippen molar-refractivity contribution in [3.63, 3.8) is 0 Å². The second-order valence-corrected chi connectivity index (χ2v) is 0.781. The van der Waals surface area contributed by atoms with Crippen molar-refractivity contribution in [1.82, 2.24) is 0 Å². The predicted molar refractivity (Wildman–Crippen MR) is 35.6 cm³/mol. The Labute approximate surface area is 52.3 Å². The van der Waals surface area contributed by atoms with Crippen LogP contribution in [0.4, 0.5) is 0 Å². The third kappa shape index (κ3) is 567. The largest absolute Gasteiger partial charge is 0.760 e. The fourth-order valence-electron chi connectivity index (χ4n) is 0. The van der Waals surface area contributed by atoms with Gasteiger partial charge >= 0.3 is 0 Å². The maximum Gasteiger partial charge on any atom is 0.0152 e. The number of rotatable bonds is 0. The molecule has 0 heterocycles. The first-order valence-electron chi connectivity index (χ1n) is 1.57. The van der Waals surface area contributed by atoms with Crippen molar-refractivity contribution in [2.45, 2.75) is 0 Å². The van der Waals surface area contributed by atoms with Crippen LogP contribution in [-0.2, 0) is 11.3 Å². The minimum absolute atomic E-state index is 2.36. The Kier molecular flexibility index (Phi) is 60.7. The minimum atomic E-state index is -2.36. The average molecular weight is 136 g/mol. The fraction of sp³-hybridized carbons (Fsp3) is 0. The van der Waals surface area contributed by atoms with E-state index >= 15 is 0 Å². The first kappa shape index (κ1) is 15.6. The quantitative estimate of drug-likeness (QED) is 0.385. The molecule has 0 rings (SSSR count). The molecule has 1 atom stereocenters. The number of nitrogens with two attached hydrogens (primary N) is 1. The Morgan fingerprint density at radius 2 is 1.25 bits per heavy atom. The van der Waals surface area contributed by atoms with Crippen LogP contribution in [0.15, 0.2) is 26.3 Å². The van der Waals surface area contributed by atoms with Gasteiger partial charge in [0.05, 0.1) is 0 Å². The zero-order valence-electron chi connectivity index (χ0n) is 4.63. The van der Waals surface area contributed by atoms with Crippen molar-refractivity contribution in [2.75, 3.05) is 0 Å². The summed E-state index contributed by atoms with van der Waals surface area (Å²) in [4.78, 5) is 0. The van der Waals surface area contributed by atoms with Gasteiger partial charge in [0.2, 0.25) is 0 Å². The van der Waals surface area contributed by atoms with E-state index in [1.807, 2.05) is 0 Å². The van der Waals surface area contributed by atoms with Crippen molar-refractivity contribution in [1.29, 1.82) is 0 Å². The summed E-state index contributed by atoms with van der Waals surface area (Å²) in [7, 11) is 0. The van der Waals surface area contributed by atoms with E-state index in [0.29, 0.717) is 0 Å². The molecule has 2 N–H and O–H groups in total. The molecule has 50 valence electrons. The highest BCUT2D eigenvalue weighted by atomic mass is 32.2. The Balaban J connectivity index is -0.0000000542. The van der Waals surface area contributed by atoms with Crippen molar-refractivity contribution in [3.8, 4) is 0 Å². The first-order valence-corrected chi connectivity index (χ1v) is 2.71. The third-order valence-corrected chi connectivity index (χ3v) is 0. The van der Waals surface area contributed by atoms with Gasteiger partial charge in [-0.3, -0.25) is 9.35 Å². The summed E-state index contributed by atoms with van der Waals surface area (Å²) in [6, 6.07) is 0. The summed E-state index contributed by atoms with van der Waals surface area (Å²) in [6.07, 6.45) is 0. The van der Waals surface area contributed by atoms with Crippen molar-refractivity contribution < 1.29 is 8.76 Å². The molecule has 0 saturated heterocycles. The first-order chi connectivity index (χ1) is 3.73. The van der Waals surface area contributed by atoms with E-state index in [2.05, 4.69) is 31.5 Å². The second-order valence-electron chi connectivity index (χ2n) is 0.260. The molecule has 0 radical (unpaired) electrons. The van der Waals surface area contributed by atoms with E-state index < -0.39 is 11.3 Å². The monoisotopic (exact) mass is 136 g/mol. The molecule has 8 heavy (non-hydrogen) atoms. The molecule has 0 aliphatic heterocycles. The van der Waals surface area contributed by atoms with Gasteiger partial charge in [0.15, 0.2) is 0 Å². The van der Waals surface area contributed by atoms with E-state index in [9.17, 15) is 0 Å². The minimum Gasteiger partial charge on any atom is -0.760 e. The van der Waals surface area contributed by atoms with Gasteiger partial charge in [0.1, 0.15) is 0 Å². The fourth-order valence-corrected chi connectivity index (χ4v) is 0. The van der Waals surface area contributed by atoms with E-state index in [1.165, 1.54) is 0 Å². The van der Waals surface area contributed by atoms with Crippen LogP contribution in [0.2, 0.25) is 0 Å². The Morgan fingerprint density at radius 3 is 1.25 bits per heavy atom. The molecule has 0 aromatic heterocycles. The maximum absolute atomic E-state index is 8.78. The molecule has 0 aliphatic rings. The van der Waals surface area contributed by atoms with Crippen LogP contribution in [0.3, 0.4) is 0 Å². The molecule has 0 saturated carbocycles. The zero-order valence-corrected chi connectivity index (χ0v) is 5.45. The van der Waals surface area contributed by atoms with Crippen LogP contribution in [0, 0.1) is 0 Å². The molecule has 0 spiro atoms. The van der Waals surface area contributed by atoms with Gasteiger partial charge in [-0.15, -0.1) is 26.3 Å². The van der Waals surface area contributed by atoms with Gasteiger partial charge in [0, 0.05) is 11.3 Å². The maximum atomic E-state index is 8.78. The summed E-state index contributed by atoms with van der Waals surface area (Å²) in [5.41, 5.74) is 0. The summed E-state index contributed by atoms with van der Waals surface area (Å²) in [5, 5.41) is 4.03. The topological polar surface area (TPSA) is 66.2 Å². The van der Waals surface area contributed by atoms with Crippen LogP contribution in [-0.4, -0.2) is 8.76 Å². The molecule has 0 aliphatic carbocycles. The lowest BCUT2D eigenvalue weighted by atomic mass is 11.3. The summed E-state index contributed by atoms with van der Waals surface area (Å²) >= 11 is -2.36. The molecule has 0 bridgehead atoms. The normalized spacial score (nSPS) is 8.75. The van der Waals surface area contributed by atoms with E-state index in [0.717, 1.165) is 0 Å². The smallest absolute Gasteiger partial charge is 0.0152 e. The molecule has 0 amide bonds. The van der Waals surface area contributed by atoms with Crippen LogP contribution in [0.5, 0.6) is 0 Å². The van der Waals surface area contributed by atoms with Gasteiger partial charge in [-0.2, -0.15) is 0 Å². The van der Waals surface area contributed by atoms with Crippen molar-refractivity contribution in [2.24, 2.45) is 5.14 Å². The van der Waals surface area contributed by atoms with Gasteiger partial charge in [-0.05, 0) is 0 Å². The standard InChI is InChI=1S/2C2H4.H3NO2S/c2*1-2;1-4(2)3/h2*1-2H2;1H2,(H,2,3)/p-1. The van der Waals surface area contributed by atoms with Crippen molar-refractivity contribution in [3.05, 3.63) is 26.3 Å². The van der Waals surface area contributed by atoms with E-state index in [-0.39, 0.29) is 0 Å². The molecular weight excluding hydrogens is 126 g/mol. The highest BCUT2D eigenvalue weighted by molar-refractivity contribution is 7.76. The molecule has 4 heteroatoms. The van der Waals surface area contributed by atoms with Crippen LogP contribution in [0.25, 0.3) is 0 Å². The molecular formula is C4H10NO2S-. The number of hydrogen-bond donors (Lipinski definition) is 1. The summed E-state index contributed by atoms with van der Waals surface area (Å²) in [6.45, 7) is 12.0. The highest BCUT2D eigenvalue weighted by Gasteiger charge is 1.39. The van der Waals surface area contributed by atoms with E-state index in [1.54, 1.807) is 0 Å². The van der Waals surface area contributed by atoms with Crippen LogP contribution < -0.4 is 5.14 Å². The lowest BCUT2D eigenvalue weighted by Crippen LogP contribution is -1.97. The Hall–Kier alpha value is -0.450. The Morgan fingerprint density at radius 1 is 1.25 bits per heavy atom. The van der Waals surface area contributed by atoms with E-state index in [4.69, 9.17) is 8.76 Å². The van der Waals surface area contributed by atoms with Gasteiger partial charge in [0.25, 0.3) is 0 Å². The second kappa shape index (κ2) is 31.0. The number of hydrogen-bond acceptors (Lipinski definition) is 2. The molecule has 3 nitrogen and oxygen atoms in total. The molecule has 0 aromatic carbocycles. The van der Waals surface area contributed by atoms with Gasteiger partial charge < -0.3 is 4.55 Å². The van der Waals surface area contributed by atoms with Crippen LogP contribution >= 0.6 is 0 Å². The zero-order chi connectivity index (χ0) is 7.58. The highest BCUT2D eigenvalue weighted by Crippen LogP contribution is 1.33.